The molecule has 2 heterocycles. The molecule has 1 N–H and O–H groups in total. The molecule has 0 atom stereocenters. The van der Waals surface area contributed by atoms with Crippen molar-refractivity contribution in [2.75, 3.05) is 18.0 Å². The summed E-state index contributed by atoms with van der Waals surface area (Å²) in [6.45, 7) is 5.73. The number of aliphatic carboxylic acids is 1. The average Bonchev–Trinajstić information content (AvgIpc) is 2.78. The standard InChI is InChI=1S/C11H17N3O2S/c1-7(2)9-12-13-11(17-9)14-5-3-8(4-6-14)10(15)16/h7-8H,3-6H2,1-2H3,(H,15,16). The number of hydrogen-bond acceptors (Lipinski definition) is 5. The number of piperidine rings is 1. The van der Waals surface area contributed by atoms with Crippen LogP contribution in [-0.4, -0.2) is 34.4 Å². The van der Waals surface area contributed by atoms with E-state index < -0.39 is 5.97 Å². The summed E-state index contributed by atoms with van der Waals surface area (Å²) >= 11 is 1.61. The molecule has 94 valence electrons. The van der Waals surface area contributed by atoms with Gasteiger partial charge >= 0.3 is 5.97 Å². The molecule has 1 aromatic rings. The second kappa shape index (κ2) is 5.00. The van der Waals surface area contributed by atoms with Crippen molar-refractivity contribution >= 4 is 22.4 Å². The van der Waals surface area contributed by atoms with Gasteiger partial charge in [-0.05, 0) is 12.8 Å². The Morgan fingerprint density at radius 1 is 1.41 bits per heavy atom. The Kier molecular flexibility index (Phi) is 3.61. The van der Waals surface area contributed by atoms with E-state index in [1.807, 2.05) is 0 Å². The Hall–Kier alpha value is -1.17. The molecule has 6 heteroatoms. The fourth-order valence-electron chi connectivity index (χ4n) is 1.91. The van der Waals surface area contributed by atoms with E-state index in [1.54, 1.807) is 11.3 Å². The average molecular weight is 255 g/mol. The number of aromatic nitrogens is 2. The molecule has 1 saturated heterocycles. The molecule has 0 aromatic carbocycles. The van der Waals surface area contributed by atoms with E-state index in [-0.39, 0.29) is 5.92 Å². The van der Waals surface area contributed by atoms with Crippen LogP contribution in [0.5, 0.6) is 0 Å². The lowest BCUT2D eigenvalue weighted by Gasteiger charge is -2.29. The molecule has 1 aliphatic heterocycles. The number of hydrogen-bond donors (Lipinski definition) is 1. The summed E-state index contributed by atoms with van der Waals surface area (Å²) in [5.41, 5.74) is 0. The molecule has 5 nitrogen and oxygen atoms in total. The van der Waals surface area contributed by atoms with Crippen LogP contribution in [0, 0.1) is 5.92 Å². The summed E-state index contributed by atoms with van der Waals surface area (Å²) in [5, 5.41) is 19.2. The lowest BCUT2D eigenvalue weighted by atomic mass is 9.98. The number of anilines is 1. The van der Waals surface area contributed by atoms with E-state index in [0.717, 1.165) is 23.2 Å². The first-order valence-electron chi connectivity index (χ1n) is 5.89. The van der Waals surface area contributed by atoms with Gasteiger partial charge in [-0.1, -0.05) is 25.2 Å². The van der Waals surface area contributed by atoms with Gasteiger partial charge in [0.2, 0.25) is 5.13 Å². The van der Waals surface area contributed by atoms with Crippen LogP contribution in [0.15, 0.2) is 0 Å². The molecular weight excluding hydrogens is 238 g/mol. The van der Waals surface area contributed by atoms with E-state index in [4.69, 9.17) is 5.11 Å². The zero-order valence-electron chi connectivity index (χ0n) is 10.1. The molecule has 1 aromatic heterocycles. The van der Waals surface area contributed by atoms with Gasteiger partial charge in [0.15, 0.2) is 0 Å². The Balaban J connectivity index is 1.98. The van der Waals surface area contributed by atoms with Gasteiger partial charge in [0.25, 0.3) is 0 Å². The highest BCUT2D eigenvalue weighted by molar-refractivity contribution is 7.15. The third-order valence-corrected chi connectivity index (χ3v) is 4.32. The van der Waals surface area contributed by atoms with Crippen LogP contribution in [0.1, 0.15) is 37.6 Å². The molecule has 0 amide bonds. The van der Waals surface area contributed by atoms with Gasteiger partial charge in [0, 0.05) is 19.0 Å². The highest BCUT2D eigenvalue weighted by Gasteiger charge is 2.26. The van der Waals surface area contributed by atoms with Crippen molar-refractivity contribution in [2.24, 2.45) is 5.92 Å². The first-order chi connectivity index (χ1) is 8.08. The van der Waals surface area contributed by atoms with Gasteiger partial charge in [-0.3, -0.25) is 4.79 Å². The number of rotatable bonds is 3. The minimum Gasteiger partial charge on any atom is -0.481 e. The van der Waals surface area contributed by atoms with Gasteiger partial charge in [-0.15, -0.1) is 10.2 Å². The molecule has 17 heavy (non-hydrogen) atoms. The van der Waals surface area contributed by atoms with Crippen LogP contribution < -0.4 is 4.90 Å². The topological polar surface area (TPSA) is 66.3 Å². The molecule has 2 rings (SSSR count). The molecule has 0 aliphatic carbocycles. The van der Waals surface area contributed by atoms with Gasteiger partial charge in [0.05, 0.1) is 5.92 Å². The zero-order valence-corrected chi connectivity index (χ0v) is 10.9. The number of nitrogens with zero attached hydrogens (tertiary/aromatic N) is 3. The number of carboxylic acid groups (broad SMARTS) is 1. The molecular formula is C11H17N3O2S. The predicted octanol–water partition coefficient (Wildman–Crippen LogP) is 1.96. The maximum atomic E-state index is 10.8. The van der Waals surface area contributed by atoms with Crippen molar-refractivity contribution in [3.63, 3.8) is 0 Å². The summed E-state index contributed by atoms with van der Waals surface area (Å²) in [7, 11) is 0. The monoisotopic (exact) mass is 255 g/mol. The molecule has 0 bridgehead atoms. The lowest BCUT2D eigenvalue weighted by Crippen LogP contribution is -2.36. The van der Waals surface area contributed by atoms with Crippen LogP contribution in [0.25, 0.3) is 0 Å². The third-order valence-electron chi connectivity index (χ3n) is 3.04. The predicted molar refractivity (Wildman–Crippen MR) is 66.6 cm³/mol. The lowest BCUT2D eigenvalue weighted by molar-refractivity contribution is -0.142. The summed E-state index contributed by atoms with van der Waals surface area (Å²) in [6.07, 6.45) is 1.40. The quantitative estimate of drug-likeness (QED) is 0.894. The van der Waals surface area contributed by atoms with Crippen LogP contribution in [0.2, 0.25) is 0 Å². The first kappa shape index (κ1) is 12.3. The van der Waals surface area contributed by atoms with Crippen LogP contribution in [-0.2, 0) is 4.79 Å². The second-order valence-electron chi connectivity index (χ2n) is 4.68. The van der Waals surface area contributed by atoms with Crippen LogP contribution in [0.3, 0.4) is 0 Å². The zero-order chi connectivity index (χ0) is 12.4. The molecule has 1 fully saturated rings. The molecule has 1 aliphatic rings. The fraction of sp³-hybridized carbons (Fsp3) is 0.727. The van der Waals surface area contributed by atoms with Crippen molar-refractivity contribution in [2.45, 2.75) is 32.6 Å². The maximum absolute atomic E-state index is 10.8. The second-order valence-corrected chi connectivity index (χ2v) is 5.66. The Morgan fingerprint density at radius 2 is 2.06 bits per heavy atom. The first-order valence-corrected chi connectivity index (χ1v) is 6.70. The van der Waals surface area contributed by atoms with E-state index in [2.05, 4.69) is 28.9 Å². The minimum atomic E-state index is -0.676. The van der Waals surface area contributed by atoms with Crippen molar-refractivity contribution in [1.82, 2.24) is 10.2 Å². The van der Waals surface area contributed by atoms with Crippen molar-refractivity contribution in [3.05, 3.63) is 5.01 Å². The van der Waals surface area contributed by atoms with Gasteiger partial charge in [0.1, 0.15) is 5.01 Å². The normalized spacial score (nSPS) is 17.7. The van der Waals surface area contributed by atoms with E-state index in [1.165, 1.54) is 0 Å². The molecule has 0 spiro atoms. The largest absolute Gasteiger partial charge is 0.481 e. The minimum absolute atomic E-state index is 0.191. The maximum Gasteiger partial charge on any atom is 0.306 e. The number of carboxylic acids is 1. The summed E-state index contributed by atoms with van der Waals surface area (Å²) < 4.78 is 0. The van der Waals surface area contributed by atoms with Gasteiger partial charge in [-0.25, -0.2) is 0 Å². The summed E-state index contributed by atoms with van der Waals surface area (Å²) in [6, 6.07) is 0. The number of carbonyl (C=O) groups is 1. The van der Waals surface area contributed by atoms with E-state index >= 15 is 0 Å². The Morgan fingerprint density at radius 3 is 2.53 bits per heavy atom. The van der Waals surface area contributed by atoms with E-state index in [0.29, 0.717) is 18.8 Å². The molecule has 0 unspecified atom stereocenters. The van der Waals surface area contributed by atoms with Crippen molar-refractivity contribution in [3.8, 4) is 0 Å². The Bertz CT molecular complexity index is 397. The highest BCUT2D eigenvalue weighted by Crippen LogP contribution is 2.28. The Labute approximate surface area is 104 Å². The van der Waals surface area contributed by atoms with Crippen LogP contribution in [0.4, 0.5) is 5.13 Å². The van der Waals surface area contributed by atoms with Gasteiger partial charge < -0.3 is 10.0 Å². The molecule has 0 radical (unpaired) electrons. The van der Waals surface area contributed by atoms with Gasteiger partial charge in [-0.2, -0.15) is 0 Å². The fourth-order valence-corrected chi connectivity index (χ4v) is 2.80. The van der Waals surface area contributed by atoms with Crippen molar-refractivity contribution < 1.29 is 9.90 Å². The summed E-state index contributed by atoms with van der Waals surface area (Å²) in [5.74, 6) is -0.466. The summed E-state index contributed by atoms with van der Waals surface area (Å²) in [4.78, 5) is 13.0. The third kappa shape index (κ3) is 2.74. The smallest absolute Gasteiger partial charge is 0.306 e. The van der Waals surface area contributed by atoms with Crippen LogP contribution >= 0.6 is 11.3 Å². The van der Waals surface area contributed by atoms with E-state index in [9.17, 15) is 4.79 Å². The molecule has 0 saturated carbocycles. The van der Waals surface area contributed by atoms with Crippen molar-refractivity contribution in [1.29, 1.82) is 0 Å². The SMILES string of the molecule is CC(C)c1nnc(N2CCC(C(=O)O)CC2)s1. The highest BCUT2D eigenvalue weighted by atomic mass is 32.1.